The molecule has 0 saturated heterocycles. The third-order valence-corrected chi connectivity index (χ3v) is 1.68. The maximum Gasteiger partial charge on any atom is 0.245 e. The van der Waals surface area contributed by atoms with Crippen molar-refractivity contribution in [1.29, 1.82) is 0 Å². The van der Waals surface area contributed by atoms with Crippen molar-refractivity contribution in [2.75, 3.05) is 26.9 Å². The van der Waals surface area contributed by atoms with Gasteiger partial charge < -0.3 is 15.2 Å². The summed E-state index contributed by atoms with van der Waals surface area (Å²) in [5.74, 6) is -0.0651. The fraction of sp³-hybridized carbons (Fsp3) is 0.889. The van der Waals surface area contributed by atoms with Crippen molar-refractivity contribution in [3.8, 4) is 0 Å². The summed E-state index contributed by atoms with van der Waals surface area (Å²) in [6.45, 7) is 1.10. The summed E-state index contributed by atoms with van der Waals surface area (Å²) in [4.78, 5) is 10.9. The molecule has 4 heteroatoms. The molecule has 0 radical (unpaired) electrons. The average Bonchev–Trinajstić information content (AvgIpc) is 2.11. The molecule has 0 aromatic heterocycles. The van der Waals surface area contributed by atoms with Gasteiger partial charge in [-0.3, -0.25) is 4.79 Å². The Bertz CT molecular complexity index is 128. The number of aliphatic hydroxyl groups excluding tert-OH is 1. The first kappa shape index (κ1) is 12.4. The van der Waals surface area contributed by atoms with E-state index in [-0.39, 0.29) is 19.1 Å². The summed E-state index contributed by atoms with van der Waals surface area (Å²) in [5.41, 5.74) is 0. The number of unbranched alkanes of at least 4 members (excludes halogenated alkanes) is 3. The van der Waals surface area contributed by atoms with Crippen molar-refractivity contribution in [1.82, 2.24) is 5.32 Å². The smallest absolute Gasteiger partial charge is 0.245 e. The molecular weight excluding hydrogens is 170 g/mol. The molecule has 0 heterocycles. The second kappa shape index (κ2) is 9.48. The zero-order valence-electron chi connectivity index (χ0n) is 8.21. The summed E-state index contributed by atoms with van der Waals surface area (Å²) in [5, 5.41) is 11.2. The minimum atomic E-state index is -0.0651. The summed E-state index contributed by atoms with van der Waals surface area (Å²) in [6.07, 6.45) is 3.89. The second-order valence-corrected chi connectivity index (χ2v) is 2.92. The summed E-state index contributed by atoms with van der Waals surface area (Å²) in [7, 11) is 1.50. The van der Waals surface area contributed by atoms with E-state index in [2.05, 4.69) is 10.1 Å². The molecule has 78 valence electrons. The largest absolute Gasteiger partial charge is 0.396 e. The first-order chi connectivity index (χ1) is 6.31. The molecule has 0 spiro atoms. The number of rotatable bonds is 8. The van der Waals surface area contributed by atoms with Crippen LogP contribution in [0.25, 0.3) is 0 Å². The highest BCUT2D eigenvalue weighted by Crippen LogP contribution is 1.97. The molecule has 0 fully saturated rings. The number of hydrogen-bond donors (Lipinski definition) is 2. The molecule has 0 bridgehead atoms. The standard InChI is InChI=1S/C9H19NO3/c1-13-8-9(12)10-6-4-2-3-5-7-11/h11H,2-8H2,1H3,(H,10,12). The van der Waals surface area contributed by atoms with Gasteiger partial charge in [-0.05, 0) is 12.8 Å². The lowest BCUT2D eigenvalue weighted by Crippen LogP contribution is -2.27. The van der Waals surface area contributed by atoms with Gasteiger partial charge in [0, 0.05) is 20.3 Å². The van der Waals surface area contributed by atoms with Crippen LogP contribution in [0.5, 0.6) is 0 Å². The number of carbonyl (C=O) groups is 1. The van der Waals surface area contributed by atoms with E-state index in [9.17, 15) is 4.79 Å². The number of methoxy groups -OCH3 is 1. The molecule has 0 aliphatic heterocycles. The van der Waals surface area contributed by atoms with E-state index in [1.807, 2.05) is 0 Å². The molecule has 0 unspecified atom stereocenters. The first-order valence-electron chi connectivity index (χ1n) is 4.67. The van der Waals surface area contributed by atoms with Crippen LogP contribution in [0.3, 0.4) is 0 Å². The molecule has 0 aromatic rings. The van der Waals surface area contributed by atoms with Crippen LogP contribution in [-0.4, -0.2) is 37.9 Å². The molecule has 4 nitrogen and oxygen atoms in total. The molecule has 2 N–H and O–H groups in total. The van der Waals surface area contributed by atoms with Gasteiger partial charge in [0.1, 0.15) is 6.61 Å². The Morgan fingerprint density at radius 2 is 2.00 bits per heavy atom. The Balaban J connectivity index is 3.02. The minimum Gasteiger partial charge on any atom is -0.396 e. The normalized spacial score (nSPS) is 10.0. The van der Waals surface area contributed by atoms with Gasteiger partial charge in [0.15, 0.2) is 0 Å². The number of nitrogens with one attached hydrogen (secondary N) is 1. The highest BCUT2D eigenvalue weighted by molar-refractivity contribution is 5.77. The number of ether oxygens (including phenoxy) is 1. The Morgan fingerprint density at radius 3 is 2.62 bits per heavy atom. The van der Waals surface area contributed by atoms with Gasteiger partial charge in [0.2, 0.25) is 5.91 Å². The first-order valence-corrected chi connectivity index (χ1v) is 4.67. The molecule has 0 rings (SSSR count). The Morgan fingerprint density at radius 1 is 1.31 bits per heavy atom. The van der Waals surface area contributed by atoms with Gasteiger partial charge in [-0.1, -0.05) is 12.8 Å². The summed E-state index contributed by atoms with van der Waals surface area (Å²) < 4.78 is 4.65. The molecule has 0 aliphatic carbocycles. The predicted octanol–water partition coefficient (Wildman–Crippen LogP) is 0.302. The molecule has 0 atom stereocenters. The van der Waals surface area contributed by atoms with Crippen LogP contribution >= 0.6 is 0 Å². The van der Waals surface area contributed by atoms with Gasteiger partial charge in [-0.25, -0.2) is 0 Å². The lowest BCUT2D eigenvalue weighted by molar-refractivity contribution is -0.124. The van der Waals surface area contributed by atoms with E-state index in [1.54, 1.807) is 0 Å². The molecule has 0 aromatic carbocycles. The quantitative estimate of drug-likeness (QED) is 0.540. The maximum absolute atomic E-state index is 10.9. The SMILES string of the molecule is COCC(=O)NCCCCCCO. The minimum absolute atomic E-state index is 0.0651. The monoisotopic (exact) mass is 189 g/mol. The summed E-state index contributed by atoms with van der Waals surface area (Å²) in [6, 6.07) is 0. The third kappa shape index (κ3) is 9.30. The van der Waals surface area contributed by atoms with Crippen molar-refractivity contribution >= 4 is 5.91 Å². The fourth-order valence-electron chi connectivity index (χ4n) is 1.00. The van der Waals surface area contributed by atoms with Crippen molar-refractivity contribution in [2.24, 2.45) is 0 Å². The Hall–Kier alpha value is -0.610. The van der Waals surface area contributed by atoms with Crippen LogP contribution in [0.1, 0.15) is 25.7 Å². The van der Waals surface area contributed by atoms with E-state index >= 15 is 0 Å². The third-order valence-electron chi connectivity index (χ3n) is 1.68. The van der Waals surface area contributed by atoms with Crippen molar-refractivity contribution in [3.05, 3.63) is 0 Å². The van der Waals surface area contributed by atoms with Gasteiger partial charge in [-0.2, -0.15) is 0 Å². The number of amides is 1. The Kier molecular flexibility index (Phi) is 9.03. The molecule has 0 aliphatic rings. The van der Waals surface area contributed by atoms with Crippen LogP contribution in [0.2, 0.25) is 0 Å². The lowest BCUT2D eigenvalue weighted by atomic mass is 10.2. The van der Waals surface area contributed by atoms with Crippen LogP contribution in [0, 0.1) is 0 Å². The number of carbonyl (C=O) groups excluding carboxylic acids is 1. The lowest BCUT2D eigenvalue weighted by Gasteiger charge is -2.03. The van der Waals surface area contributed by atoms with E-state index < -0.39 is 0 Å². The second-order valence-electron chi connectivity index (χ2n) is 2.92. The van der Waals surface area contributed by atoms with Crippen LogP contribution < -0.4 is 5.32 Å². The van der Waals surface area contributed by atoms with Gasteiger partial charge >= 0.3 is 0 Å². The van der Waals surface area contributed by atoms with Crippen molar-refractivity contribution in [3.63, 3.8) is 0 Å². The topological polar surface area (TPSA) is 58.6 Å². The summed E-state index contributed by atoms with van der Waals surface area (Å²) >= 11 is 0. The van der Waals surface area contributed by atoms with Crippen molar-refractivity contribution < 1.29 is 14.6 Å². The van der Waals surface area contributed by atoms with Crippen LogP contribution in [0.15, 0.2) is 0 Å². The van der Waals surface area contributed by atoms with E-state index in [4.69, 9.17) is 5.11 Å². The van der Waals surface area contributed by atoms with Crippen molar-refractivity contribution in [2.45, 2.75) is 25.7 Å². The zero-order chi connectivity index (χ0) is 9.94. The maximum atomic E-state index is 10.9. The predicted molar refractivity (Wildman–Crippen MR) is 50.4 cm³/mol. The van der Waals surface area contributed by atoms with Gasteiger partial charge in [0.05, 0.1) is 0 Å². The molecule has 0 saturated carbocycles. The highest BCUT2D eigenvalue weighted by atomic mass is 16.5. The van der Waals surface area contributed by atoms with E-state index in [0.29, 0.717) is 6.54 Å². The van der Waals surface area contributed by atoms with E-state index in [1.165, 1.54) is 7.11 Å². The average molecular weight is 189 g/mol. The number of aliphatic hydroxyl groups is 1. The number of hydrogen-bond acceptors (Lipinski definition) is 3. The highest BCUT2D eigenvalue weighted by Gasteiger charge is 1.97. The van der Waals surface area contributed by atoms with E-state index in [0.717, 1.165) is 25.7 Å². The Labute approximate surface area is 79.3 Å². The molecular formula is C9H19NO3. The van der Waals surface area contributed by atoms with Gasteiger partial charge in [0.25, 0.3) is 0 Å². The molecule has 1 amide bonds. The fourth-order valence-corrected chi connectivity index (χ4v) is 1.00. The zero-order valence-corrected chi connectivity index (χ0v) is 8.21. The van der Waals surface area contributed by atoms with Gasteiger partial charge in [-0.15, -0.1) is 0 Å². The van der Waals surface area contributed by atoms with Crippen LogP contribution in [-0.2, 0) is 9.53 Å². The molecule has 13 heavy (non-hydrogen) atoms. The van der Waals surface area contributed by atoms with Crippen LogP contribution in [0.4, 0.5) is 0 Å².